The number of hydrogen-bond acceptors (Lipinski definition) is 3. The summed E-state index contributed by atoms with van der Waals surface area (Å²) in [6.45, 7) is 11.2. The number of aromatic nitrogens is 1. The van der Waals surface area contributed by atoms with Crippen LogP contribution in [-0.4, -0.2) is 28.0 Å². The molecular weight excluding hydrogens is 288 g/mol. The van der Waals surface area contributed by atoms with E-state index in [4.69, 9.17) is 4.52 Å². The van der Waals surface area contributed by atoms with Gasteiger partial charge in [-0.2, -0.15) is 0 Å². The van der Waals surface area contributed by atoms with Crippen molar-refractivity contribution in [2.45, 2.75) is 85.2 Å². The molecule has 128 valence electrons. The number of carbonyl (C=O) groups is 1. The van der Waals surface area contributed by atoms with E-state index in [9.17, 15) is 4.79 Å². The highest BCUT2D eigenvalue weighted by Gasteiger charge is 2.37. The van der Waals surface area contributed by atoms with E-state index < -0.39 is 0 Å². The second-order valence-corrected chi connectivity index (χ2v) is 8.58. The molecule has 2 aliphatic rings. The van der Waals surface area contributed by atoms with Crippen molar-refractivity contribution in [3.8, 4) is 0 Å². The summed E-state index contributed by atoms with van der Waals surface area (Å²) in [4.78, 5) is 15.1. The molecule has 1 saturated heterocycles. The zero-order valence-electron chi connectivity index (χ0n) is 15.2. The van der Waals surface area contributed by atoms with Crippen molar-refractivity contribution in [2.75, 3.05) is 0 Å². The number of fused-ring (bicyclic) bond motifs is 1. The number of amides is 1. The Morgan fingerprint density at radius 1 is 1.17 bits per heavy atom. The molecule has 0 aromatic carbocycles. The highest BCUT2D eigenvalue weighted by Crippen LogP contribution is 2.39. The molecule has 4 heteroatoms. The van der Waals surface area contributed by atoms with E-state index in [0.29, 0.717) is 23.7 Å². The van der Waals surface area contributed by atoms with Gasteiger partial charge < -0.3 is 9.42 Å². The Morgan fingerprint density at radius 2 is 1.83 bits per heavy atom. The summed E-state index contributed by atoms with van der Waals surface area (Å²) in [5.74, 6) is 1.59. The van der Waals surface area contributed by atoms with Crippen LogP contribution in [0.2, 0.25) is 0 Å². The minimum absolute atomic E-state index is 0.0734. The zero-order chi connectivity index (χ0) is 16.8. The van der Waals surface area contributed by atoms with Gasteiger partial charge in [-0.1, -0.05) is 25.9 Å². The topological polar surface area (TPSA) is 46.3 Å². The van der Waals surface area contributed by atoms with Gasteiger partial charge in [0, 0.05) is 24.1 Å². The van der Waals surface area contributed by atoms with E-state index in [1.807, 2.05) is 4.90 Å². The number of hydrogen-bond donors (Lipinski definition) is 0. The third-order valence-electron chi connectivity index (χ3n) is 5.90. The molecule has 1 aromatic heterocycles. The van der Waals surface area contributed by atoms with Crippen molar-refractivity contribution < 1.29 is 9.32 Å². The lowest BCUT2D eigenvalue weighted by molar-refractivity contribution is 0.0498. The number of nitrogens with zero attached hydrogens (tertiary/aromatic N) is 2. The maximum absolute atomic E-state index is 13.1. The quantitative estimate of drug-likeness (QED) is 0.778. The van der Waals surface area contributed by atoms with Crippen LogP contribution in [0.25, 0.3) is 0 Å². The average molecular weight is 318 g/mol. The average Bonchev–Trinajstić information content (AvgIpc) is 2.88. The van der Waals surface area contributed by atoms with Gasteiger partial charge in [-0.05, 0) is 57.3 Å². The first kappa shape index (κ1) is 16.5. The molecule has 0 spiro atoms. The van der Waals surface area contributed by atoms with Crippen LogP contribution in [0.4, 0.5) is 0 Å². The van der Waals surface area contributed by atoms with Gasteiger partial charge in [0.05, 0.1) is 0 Å². The Bertz CT molecular complexity index is 575. The van der Waals surface area contributed by atoms with Crippen LogP contribution in [0.3, 0.4) is 0 Å². The second-order valence-electron chi connectivity index (χ2n) is 8.58. The molecule has 1 fully saturated rings. The Hall–Kier alpha value is -1.32. The van der Waals surface area contributed by atoms with Crippen LogP contribution in [0, 0.1) is 11.3 Å². The van der Waals surface area contributed by atoms with Crippen LogP contribution in [-0.2, 0) is 12.8 Å². The maximum atomic E-state index is 13.1. The standard InChI is InChI=1S/C19H30N2O2/c1-12-7-6-8-13(2)21(12)18(22)17-15-11-14(19(3,4)5)9-10-16(15)23-20-17/h12-14H,6-11H2,1-5H3/t12-,13-,14+/m1/s1. The van der Waals surface area contributed by atoms with Gasteiger partial charge >= 0.3 is 0 Å². The minimum Gasteiger partial charge on any atom is -0.360 e. The Morgan fingerprint density at radius 3 is 2.43 bits per heavy atom. The van der Waals surface area contributed by atoms with Crippen LogP contribution in [0.5, 0.6) is 0 Å². The first-order valence-corrected chi connectivity index (χ1v) is 9.09. The van der Waals surface area contributed by atoms with E-state index in [-0.39, 0.29) is 11.3 Å². The predicted octanol–water partition coefficient (Wildman–Crippen LogP) is 4.23. The molecule has 0 unspecified atom stereocenters. The van der Waals surface area contributed by atoms with Crippen LogP contribution < -0.4 is 0 Å². The lowest BCUT2D eigenvalue weighted by Crippen LogP contribution is -2.48. The van der Waals surface area contributed by atoms with Crippen LogP contribution in [0.15, 0.2) is 4.52 Å². The van der Waals surface area contributed by atoms with E-state index in [1.54, 1.807) is 0 Å². The maximum Gasteiger partial charge on any atom is 0.276 e. The molecular formula is C19H30N2O2. The molecule has 0 radical (unpaired) electrons. The molecule has 3 atom stereocenters. The molecule has 1 aromatic rings. The largest absolute Gasteiger partial charge is 0.360 e. The van der Waals surface area contributed by atoms with Gasteiger partial charge in [0.1, 0.15) is 5.76 Å². The normalized spacial score (nSPS) is 28.6. The Labute approximate surface area is 139 Å². The summed E-state index contributed by atoms with van der Waals surface area (Å²) in [5.41, 5.74) is 1.90. The van der Waals surface area contributed by atoms with E-state index in [0.717, 1.165) is 43.4 Å². The molecule has 1 amide bonds. The molecule has 23 heavy (non-hydrogen) atoms. The third kappa shape index (κ3) is 3.05. The predicted molar refractivity (Wildman–Crippen MR) is 90.4 cm³/mol. The van der Waals surface area contributed by atoms with Crippen molar-refractivity contribution in [1.82, 2.24) is 10.1 Å². The van der Waals surface area contributed by atoms with Crippen molar-refractivity contribution in [3.63, 3.8) is 0 Å². The van der Waals surface area contributed by atoms with Crippen molar-refractivity contribution in [3.05, 3.63) is 17.0 Å². The number of likely N-dealkylation sites (tertiary alicyclic amines) is 1. The fourth-order valence-electron chi connectivity index (χ4n) is 4.26. The summed E-state index contributed by atoms with van der Waals surface area (Å²) in [6, 6.07) is 0.584. The van der Waals surface area contributed by atoms with Gasteiger partial charge in [0.2, 0.25) is 0 Å². The van der Waals surface area contributed by atoms with Gasteiger partial charge in [-0.25, -0.2) is 0 Å². The highest BCUT2D eigenvalue weighted by molar-refractivity contribution is 5.94. The summed E-state index contributed by atoms with van der Waals surface area (Å²) >= 11 is 0. The minimum atomic E-state index is 0.0734. The Kier molecular flexibility index (Phi) is 4.28. The summed E-state index contributed by atoms with van der Waals surface area (Å²) in [5, 5.41) is 4.19. The molecule has 1 aliphatic heterocycles. The van der Waals surface area contributed by atoms with E-state index in [2.05, 4.69) is 39.8 Å². The summed E-state index contributed by atoms with van der Waals surface area (Å²) in [6.07, 6.45) is 6.31. The van der Waals surface area contributed by atoms with Crippen LogP contribution in [0.1, 0.15) is 82.1 Å². The van der Waals surface area contributed by atoms with Gasteiger partial charge in [-0.15, -0.1) is 0 Å². The fraction of sp³-hybridized carbons (Fsp3) is 0.789. The lowest BCUT2D eigenvalue weighted by Gasteiger charge is -2.39. The van der Waals surface area contributed by atoms with Gasteiger partial charge in [-0.3, -0.25) is 4.79 Å². The summed E-state index contributed by atoms with van der Waals surface area (Å²) < 4.78 is 5.53. The van der Waals surface area contributed by atoms with Gasteiger partial charge in [0.15, 0.2) is 5.69 Å². The molecule has 4 nitrogen and oxygen atoms in total. The second kappa shape index (κ2) is 5.95. The molecule has 2 heterocycles. The monoisotopic (exact) mass is 318 g/mol. The molecule has 3 rings (SSSR count). The number of carbonyl (C=O) groups excluding carboxylic acids is 1. The zero-order valence-corrected chi connectivity index (χ0v) is 15.2. The fourth-order valence-corrected chi connectivity index (χ4v) is 4.26. The molecule has 0 saturated carbocycles. The third-order valence-corrected chi connectivity index (χ3v) is 5.90. The molecule has 0 N–H and O–H groups in total. The lowest BCUT2D eigenvalue weighted by atomic mass is 9.71. The van der Waals surface area contributed by atoms with E-state index >= 15 is 0 Å². The molecule has 0 bridgehead atoms. The highest BCUT2D eigenvalue weighted by atomic mass is 16.5. The van der Waals surface area contributed by atoms with Crippen molar-refractivity contribution in [1.29, 1.82) is 0 Å². The molecule has 1 aliphatic carbocycles. The van der Waals surface area contributed by atoms with Crippen LogP contribution >= 0.6 is 0 Å². The number of rotatable bonds is 1. The van der Waals surface area contributed by atoms with Crippen molar-refractivity contribution >= 4 is 5.91 Å². The summed E-state index contributed by atoms with van der Waals surface area (Å²) in [7, 11) is 0. The SMILES string of the molecule is C[C@@H]1CCC[C@@H](C)N1C(=O)c1noc2c1C[C@@H](C(C)(C)C)CC2. The first-order chi connectivity index (χ1) is 10.8. The number of piperidine rings is 1. The number of aryl methyl sites for hydroxylation is 1. The van der Waals surface area contributed by atoms with Crippen molar-refractivity contribution in [2.24, 2.45) is 11.3 Å². The Balaban J connectivity index is 1.87. The first-order valence-electron chi connectivity index (χ1n) is 9.09. The smallest absolute Gasteiger partial charge is 0.276 e. The van der Waals surface area contributed by atoms with E-state index in [1.165, 1.54) is 6.42 Å². The van der Waals surface area contributed by atoms with Gasteiger partial charge in [0.25, 0.3) is 5.91 Å².